The largest absolute Gasteiger partial charge is 0.363 e. The van der Waals surface area contributed by atoms with Crippen LogP contribution in [-0.2, 0) is 29.0 Å². The van der Waals surface area contributed by atoms with E-state index in [-0.39, 0.29) is 40.9 Å². The number of carbonyl (C=O) groups is 5. The number of hydrogen-bond acceptors (Lipinski definition) is 7. The molecule has 0 radical (unpaired) electrons. The first-order valence-electron chi connectivity index (χ1n) is 18.1. The zero-order valence-corrected chi connectivity index (χ0v) is 31.4. The maximum absolute atomic E-state index is 14.5. The Morgan fingerprint density at radius 3 is 2.08 bits per heavy atom. The number of ketones is 1. The third kappa shape index (κ3) is 9.85. The van der Waals surface area contributed by atoms with Gasteiger partial charge in [0.2, 0.25) is 17.6 Å². The molecule has 1 aliphatic heterocycles. The van der Waals surface area contributed by atoms with Crippen molar-refractivity contribution in [3.63, 3.8) is 0 Å². The molecule has 12 nitrogen and oxygen atoms in total. The zero-order valence-electron chi connectivity index (χ0n) is 30.5. The lowest BCUT2D eigenvalue weighted by molar-refractivity contribution is -0.145. The van der Waals surface area contributed by atoms with E-state index in [9.17, 15) is 32.4 Å². The maximum Gasteiger partial charge on any atom is 0.315 e. The molecule has 1 aromatic rings. The fraction of sp³-hybridized carbons (Fsp3) is 0.703. The van der Waals surface area contributed by atoms with Crippen LogP contribution in [0.4, 0.5) is 4.79 Å². The normalized spacial score (nSPS) is 22.2. The Kier molecular flexibility index (Phi) is 12.1. The Labute approximate surface area is 297 Å². The van der Waals surface area contributed by atoms with E-state index in [2.05, 4.69) is 16.0 Å². The van der Waals surface area contributed by atoms with Gasteiger partial charge in [-0.1, -0.05) is 91.8 Å². The molecular weight excluding hydrogens is 659 g/mol. The quantitative estimate of drug-likeness (QED) is 0.223. The van der Waals surface area contributed by atoms with E-state index in [1.165, 1.54) is 4.90 Å². The summed E-state index contributed by atoms with van der Waals surface area (Å²) in [5.41, 5.74) is 3.43. The number of carbonyl (C=O) groups excluding carboxylic acids is 5. The summed E-state index contributed by atoms with van der Waals surface area (Å²) in [7, 11) is -3.58. The van der Waals surface area contributed by atoms with E-state index in [4.69, 9.17) is 5.73 Å². The molecular formula is C37H57N5O7S. The lowest BCUT2D eigenvalue weighted by atomic mass is 9.75. The first-order valence-corrected chi connectivity index (χ1v) is 19.7. The van der Waals surface area contributed by atoms with E-state index < -0.39 is 68.5 Å². The summed E-state index contributed by atoms with van der Waals surface area (Å²) in [4.78, 5) is 68.7. The Morgan fingerprint density at radius 2 is 1.54 bits per heavy atom. The van der Waals surface area contributed by atoms with Crippen LogP contribution in [0.3, 0.4) is 0 Å². The number of likely N-dealkylation sites (tertiary alicyclic amines) is 1. The second kappa shape index (κ2) is 15.4. The molecule has 0 spiro atoms. The van der Waals surface area contributed by atoms with Gasteiger partial charge in [0.1, 0.15) is 12.1 Å². The number of primary amides is 1. The SMILES string of the molecule is CC(C)(C)C1CCN(C(=O)[C@@H](NC(=O)NC2(CCS(=O)(=O)c3ccccc3)CCCCC2)C(C)(C)C)C1C(=O)NC(CC1CC1)C(=O)C(N)=O. The molecule has 4 rings (SSSR count). The third-order valence-electron chi connectivity index (χ3n) is 10.7. The number of nitrogens with two attached hydrogens (primary N) is 1. The first-order chi connectivity index (χ1) is 23.2. The van der Waals surface area contributed by atoms with Crippen LogP contribution in [0, 0.1) is 22.7 Å². The number of urea groups is 1. The number of rotatable bonds is 13. The molecule has 50 heavy (non-hydrogen) atoms. The maximum atomic E-state index is 14.5. The van der Waals surface area contributed by atoms with Gasteiger partial charge in [-0.05, 0) is 66.9 Å². The molecule has 4 atom stereocenters. The summed E-state index contributed by atoms with van der Waals surface area (Å²) >= 11 is 0. The van der Waals surface area contributed by atoms with Crippen molar-refractivity contribution in [2.45, 2.75) is 134 Å². The molecule has 0 aromatic heterocycles. The number of amides is 5. The second-order valence-electron chi connectivity index (χ2n) is 16.8. The number of sulfone groups is 1. The van der Waals surface area contributed by atoms with Crippen molar-refractivity contribution in [2.75, 3.05) is 12.3 Å². The molecule has 1 aromatic carbocycles. The number of Topliss-reactive ketones (excluding diaryl/α,β-unsaturated/α-hetero) is 1. The topological polar surface area (TPSA) is 185 Å². The predicted octanol–water partition coefficient (Wildman–Crippen LogP) is 3.87. The second-order valence-corrected chi connectivity index (χ2v) is 18.9. The number of benzene rings is 1. The molecule has 278 valence electrons. The van der Waals surface area contributed by atoms with Crippen molar-refractivity contribution in [3.8, 4) is 0 Å². The molecule has 1 heterocycles. The van der Waals surface area contributed by atoms with E-state index in [0.717, 1.165) is 32.1 Å². The fourth-order valence-corrected chi connectivity index (χ4v) is 9.05. The average Bonchev–Trinajstić information content (AvgIpc) is 3.74. The highest BCUT2D eigenvalue weighted by molar-refractivity contribution is 7.91. The molecule has 3 unspecified atom stereocenters. The van der Waals surface area contributed by atoms with Gasteiger partial charge in [-0.25, -0.2) is 13.2 Å². The highest BCUT2D eigenvalue weighted by Gasteiger charge is 2.50. The van der Waals surface area contributed by atoms with Gasteiger partial charge in [0.05, 0.1) is 16.7 Å². The lowest BCUT2D eigenvalue weighted by Gasteiger charge is -2.41. The first kappa shape index (κ1) is 39.3. The number of hydrogen-bond donors (Lipinski definition) is 4. The molecule has 13 heteroatoms. The fourth-order valence-electron chi connectivity index (χ4n) is 7.58. The van der Waals surface area contributed by atoms with Gasteiger partial charge in [0, 0.05) is 12.1 Å². The van der Waals surface area contributed by atoms with Gasteiger partial charge in [0.25, 0.3) is 5.91 Å². The lowest BCUT2D eigenvalue weighted by Crippen LogP contribution is -2.63. The van der Waals surface area contributed by atoms with Gasteiger partial charge in [-0.2, -0.15) is 0 Å². The monoisotopic (exact) mass is 715 g/mol. The summed E-state index contributed by atoms with van der Waals surface area (Å²) in [5.74, 6) is -3.08. The summed E-state index contributed by atoms with van der Waals surface area (Å²) in [6.07, 6.45) is 6.79. The molecule has 2 saturated carbocycles. The van der Waals surface area contributed by atoms with Crippen LogP contribution in [0.15, 0.2) is 35.2 Å². The Bertz CT molecular complexity index is 1520. The number of nitrogens with one attached hydrogen (secondary N) is 3. The van der Waals surface area contributed by atoms with Gasteiger partial charge < -0.3 is 26.6 Å². The Morgan fingerprint density at radius 1 is 0.920 bits per heavy atom. The predicted molar refractivity (Wildman–Crippen MR) is 190 cm³/mol. The van der Waals surface area contributed by atoms with Gasteiger partial charge in [0.15, 0.2) is 9.84 Å². The minimum Gasteiger partial charge on any atom is -0.363 e. The van der Waals surface area contributed by atoms with Crippen molar-refractivity contribution < 1.29 is 32.4 Å². The van der Waals surface area contributed by atoms with E-state index in [0.29, 0.717) is 25.7 Å². The van der Waals surface area contributed by atoms with Crippen LogP contribution >= 0.6 is 0 Å². The van der Waals surface area contributed by atoms with Crippen LogP contribution in [0.2, 0.25) is 0 Å². The van der Waals surface area contributed by atoms with Crippen LogP contribution in [0.25, 0.3) is 0 Å². The minimum atomic E-state index is -3.58. The van der Waals surface area contributed by atoms with Crippen LogP contribution in [0.5, 0.6) is 0 Å². The Balaban J connectivity index is 1.54. The van der Waals surface area contributed by atoms with Crippen molar-refractivity contribution in [1.82, 2.24) is 20.9 Å². The zero-order chi connectivity index (χ0) is 37.1. The standard InChI is InChI=1S/C37H57N5O7S/c1-35(2,3)26-17-21-42(28(26)32(45)39-27(23-24-15-16-24)29(43)31(38)44)33(46)30(36(4,5)6)40-34(47)41-37(18-11-8-12-19-37)20-22-50(48,49)25-13-9-7-10-14-25/h7,9-10,13-14,24,26-28,30H,8,11-12,15-23H2,1-6H3,(H2,38,44)(H,39,45)(H2,40,41,47)/t26?,27?,28?,30-/m1/s1. The van der Waals surface area contributed by atoms with Crippen molar-refractivity contribution in [3.05, 3.63) is 30.3 Å². The summed E-state index contributed by atoms with van der Waals surface area (Å²) in [5, 5.41) is 8.80. The van der Waals surface area contributed by atoms with Gasteiger partial charge in [-0.15, -0.1) is 0 Å². The minimum absolute atomic E-state index is 0.127. The Hall–Kier alpha value is -3.48. The van der Waals surface area contributed by atoms with E-state index in [1.807, 2.05) is 41.5 Å². The molecule has 3 aliphatic rings. The van der Waals surface area contributed by atoms with E-state index >= 15 is 0 Å². The molecule has 3 fully saturated rings. The van der Waals surface area contributed by atoms with Gasteiger partial charge in [-0.3, -0.25) is 19.2 Å². The van der Waals surface area contributed by atoms with Crippen molar-refractivity contribution in [1.29, 1.82) is 0 Å². The molecule has 1 saturated heterocycles. The molecule has 5 N–H and O–H groups in total. The van der Waals surface area contributed by atoms with Crippen molar-refractivity contribution >= 4 is 39.4 Å². The van der Waals surface area contributed by atoms with Gasteiger partial charge >= 0.3 is 6.03 Å². The molecule has 5 amide bonds. The van der Waals surface area contributed by atoms with Crippen molar-refractivity contribution in [2.24, 2.45) is 28.4 Å². The van der Waals surface area contributed by atoms with Crippen LogP contribution in [0.1, 0.15) is 106 Å². The third-order valence-corrected chi connectivity index (χ3v) is 12.5. The average molecular weight is 716 g/mol. The number of nitrogens with zero attached hydrogens (tertiary/aromatic N) is 1. The molecule has 2 aliphatic carbocycles. The highest BCUT2D eigenvalue weighted by Crippen LogP contribution is 2.40. The van der Waals surface area contributed by atoms with Crippen LogP contribution in [-0.4, -0.2) is 78.8 Å². The van der Waals surface area contributed by atoms with Crippen LogP contribution < -0.4 is 21.7 Å². The molecule has 0 bridgehead atoms. The van der Waals surface area contributed by atoms with E-state index in [1.54, 1.807) is 30.3 Å². The smallest absolute Gasteiger partial charge is 0.315 e. The highest BCUT2D eigenvalue weighted by atomic mass is 32.2. The summed E-state index contributed by atoms with van der Waals surface area (Å²) in [6.45, 7) is 11.8. The summed E-state index contributed by atoms with van der Waals surface area (Å²) in [6, 6.07) is 4.67. The summed E-state index contributed by atoms with van der Waals surface area (Å²) < 4.78 is 26.3.